The number of carbonyl (C=O) groups excluding carboxylic acids is 1. The maximum atomic E-state index is 12.2. The number of aromatic nitrogens is 2. The summed E-state index contributed by atoms with van der Waals surface area (Å²) in [6.45, 7) is 2.05. The van der Waals surface area contributed by atoms with E-state index in [1.807, 2.05) is 50.4 Å². The van der Waals surface area contributed by atoms with Crippen molar-refractivity contribution in [2.75, 3.05) is 0 Å². The van der Waals surface area contributed by atoms with E-state index in [2.05, 4.69) is 5.10 Å². The van der Waals surface area contributed by atoms with Crippen molar-refractivity contribution in [3.8, 4) is 0 Å². The molecule has 1 heterocycles. The zero-order chi connectivity index (χ0) is 13.8. The van der Waals surface area contributed by atoms with Crippen molar-refractivity contribution < 1.29 is 4.79 Å². The Morgan fingerprint density at radius 2 is 2.05 bits per heavy atom. The summed E-state index contributed by atoms with van der Waals surface area (Å²) in [7, 11) is 1.86. The van der Waals surface area contributed by atoms with Gasteiger partial charge in [0.1, 0.15) is 0 Å². The molecule has 4 heteroatoms. The second-order valence-electron chi connectivity index (χ2n) is 4.64. The van der Waals surface area contributed by atoms with Crippen molar-refractivity contribution >= 4 is 5.78 Å². The molecular weight excluding hydrogens is 238 g/mol. The molecule has 0 aliphatic rings. The van der Waals surface area contributed by atoms with Gasteiger partial charge in [0.05, 0.1) is 18.2 Å². The number of hydrogen-bond acceptors (Lipinski definition) is 3. The Labute approximate surface area is 113 Å². The van der Waals surface area contributed by atoms with E-state index in [9.17, 15) is 4.79 Å². The summed E-state index contributed by atoms with van der Waals surface area (Å²) in [5.74, 6) is 0.0110. The summed E-state index contributed by atoms with van der Waals surface area (Å²) in [5.41, 5.74) is 8.76. The van der Waals surface area contributed by atoms with Crippen LogP contribution in [0, 0.1) is 0 Å². The van der Waals surface area contributed by atoms with Crippen molar-refractivity contribution in [3.05, 3.63) is 53.3 Å². The van der Waals surface area contributed by atoms with Crippen molar-refractivity contribution in [3.63, 3.8) is 0 Å². The Morgan fingerprint density at radius 1 is 1.37 bits per heavy atom. The Morgan fingerprint density at radius 3 is 2.63 bits per heavy atom. The highest BCUT2D eigenvalue weighted by molar-refractivity contribution is 5.86. The second kappa shape index (κ2) is 5.80. The van der Waals surface area contributed by atoms with Crippen LogP contribution in [0.2, 0.25) is 0 Å². The number of ketones is 1. The second-order valence-corrected chi connectivity index (χ2v) is 4.64. The SMILES string of the molecule is CCc1cc(CC(=O)[C@H](N)c2ccccc2)n(C)n1. The normalized spacial score (nSPS) is 12.4. The Bertz CT molecular complexity index is 560. The molecule has 1 atom stereocenters. The third-order valence-corrected chi connectivity index (χ3v) is 3.25. The molecule has 0 bridgehead atoms. The summed E-state index contributed by atoms with van der Waals surface area (Å²) in [6.07, 6.45) is 1.19. The standard InChI is InChI=1S/C15H19N3O/c1-3-12-9-13(18(2)17-12)10-14(19)15(16)11-7-5-4-6-8-11/h4-9,15H,3,10,16H2,1-2H3/t15-/m1/s1. The highest BCUT2D eigenvalue weighted by atomic mass is 16.1. The van der Waals surface area contributed by atoms with Crippen LogP contribution in [0.15, 0.2) is 36.4 Å². The van der Waals surface area contributed by atoms with Gasteiger partial charge in [0.15, 0.2) is 5.78 Å². The van der Waals surface area contributed by atoms with Gasteiger partial charge in [0.2, 0.25) is 0 Å². The van der Waals surface area contributed by atoms with Crippen LogP contribution in [0.5, 0.6) is 0 Å². The molecule has 0 unspecified atom stereocenters. The average molecular weight is 257 g/mol. The third kappa shape index (κ3) is 3.09. The fourth-order valence-electron chi connectivity index (χ4n) is 2.04. The fourth-order valence-corrected chi connectivity index (χ4v) is 2.04. The van der Waals surface area contributed by atoms with Gasteiger partial charge < -0.3 is 5.73 Å². The maximum absolute atomic E-state index is 12.2. The molecule has 2 rings (SSSR count). The van der Waals surface area contributed by atoms with Crippen LogP contribution in [0.25, 0.3) is 0 Å². The molecule has 0 spiro atoms. The topological polar surface area (TPSA) is 60.9 Å². The zero-order valence-electron chi connectivity index (χ0n) is 11.3. The average Bonchev–Trinajstić information content (AvgIpc) is 2.79. The van der Waals surface area contributed by atoms with Gasteiger partial charge in [-0.25, -0.2) is 0 Å². The zero-order valence-corrected chi connectivity index (χ0v) is 11.3. The van der Waals surface area contributed by atoms with Crippen LogP contribution in [0.1, 0.15) is 29.9 Å². The first-order valence-corrected chi connectivity index (χ1v) is 6.47. The lowest BCUT2D eigenvalue weighted by Gasteiger charge is -2.10. The first kappa shape index (κ1) is 13.5. The predicted molar refractivity (Wildman–Crippen MR) is 74.7 cm³/mol. The minimum atomic E-state index is -0.568. The number of benzene rings is 1. The molecule has 2 N–H and O–H groups in total. The summed E-state index contributed by atoms with van der Waals surface area (Å²) in [5, 5.41) is 4.34. The first-order chi connectivity index (χ1) is 9.11. The minimum Gasteiger partial charge on any atom is -0.318 e. The number of Topliss-reactive ketones (excluding diaryl/α,β-unsaturated/α-hetero) is 1. The third-order valence-electron chi connectivity index (χ3n) is 3.25. The van der Waals surface area contributed by atoms with Crippen LogP contribution in [-0.4, -0.2) is 15.6 Å². The molecule has 2 aromatic rings. The molecule has 0 aliphatic heterocycles. The Balaban J connectivity index is 2.10. The quantitative estimate of drug-likeness (QED) is 0.888. The fraction of sp³-hybridized carbons (Fsp3) is 0.333. The molecule has 0 saturated heterocycles. The van der Waals surface area contributed by atoms with Crippen molar-refractivity contribution in [2.24, 2.45) is 12.8 Å². The molecular formula is C15H19N3O. The molecule has 0 radical (unpaired) electrons. The van der Waals surface area contributed by atoms with Gasteiger partial charge >= 0.3 is 0 Å². The van der Waals surface area contributed by atoms with Crippen molar-refractivity contribution in [1.82, 2.24) is 9.78 Å². The van der Waals surface area contributed by atoms with Crippen molar-refractivity contribution in [1.29, 1.82) is 0 Å². The summed E-state index contributed by atoms with van der Waals surface area (Å²) >= 11 is 0. The number of carbonyl (C=O) groups is 1. The molecule has 1 aromatic heterocycles. The molecule has 19 heavy (non-hydrogen) atoms. The van der Waals surface area contributed by atoms with E-state index in [1.54, 1.807) is 4.68 Å². The van der Waals surface area contributed by atoms with E-state index >= 15 is 0 Å². The lowest BCUT2D eigenvalue weighted by Crippen LogP contribution is -2.23. The summed E-state index contributed by atoms with van der Waals surface area (Å²) in [4.78, 5) is 12.2. The molecule has 0 saturated carbocycles. The van der Waals surface area contributed by atoms with Gasteiger partial charge in [-0.3, -0.25) is 9.48 Å². The van der Waals surface area contributed by atoms with Gasteiger partial charge in [-0.15, -0.1) is 0 Å². The number of aryl methyl sites for hydroxylation is 2. The van der Waals surface area contributed by atoms with E-state index in [4.69, 9.17) is 5.73 Å². The lowest BCUT2D eigenvalue weighted by atomic mass is 10.0. The van der Waals surface area contributed by atoms with Crippen LogP contribution in [0.3, 0.4) is 0 Å². The van der Waals surface area contributed by atoms with E-state index in [0.717, 1.165) is 23.4 Å². The number of nitrogens with two attached hydrogens (primary N) is 1. The molecule has 1 aromatic carbocycles. The Kier molecular flexibility index (Phi) is 4.12. The summed E-state index contributed by atoms with van der Waals surface area (Å²) in [6, 6.07) is 10.8. The number of hydrogen-bond donors (Lipinski definition) is 1. The van der Waals surface area contributed by atoms with E-state index < -0.39 is 6.04 Å². The number of rotatable bonds is 5. The highest BCUT2D eigenvalue weighted by Crippen LogP contribution is 2.14. The first-order valence-electron chi connectivity index (χ1n) is 6.47. The van der Waals surface area contributed by atoms with Crippen LogP contribution in [0.4, 0.5) is 0 Å². The van der Waals surface area contributed by atoms with Crippen molar-refractivity contribution in [2.45, 2.75) is 25.8 Å². The lowest BCUT2D eigenvalue weighted by molar-refractivity contribution is -0.119. The molecule has 0 amide bonds. The van der Waals surface area contributed by atoms with Crippen LogP contribution < -0.4 is 5.73 Å². The molecule has 0 fully saturated rings. The largest absolute Gasteiger partial charge is 0.318 e. The molecule has 100 valence electrons. The van der Waals surface area contributed by atoms with Gasteiger partial charge in [-0.05, 0) is 18.1 Å². The monoisotopic (exact) mass is 257 g/mol. The molecule has 0 aliphatic carbocycles. The van der Waals surface area contributed by atoms with E-state index in [1.165, 1.54) is 0 Å². The predicted octanol–water partition coefficient (Wildman–Crippen LogP) is 1.79. The maximum Gasteiger partial charge on any atom is 0.159 e. The minimum absolute atomic E-state index is 0.0110. The highest BCUT2D eigenvalue weighted by Gasteiger charge is 2.17. The Hall–Kier alpha value is -1.94. The van der Waals surface area contributed by atoms with E-state index in [0.29, 0.717) is 6.42 Å². The van der Waals surface area contributed by atoms with Gasteiger partial charge in [-0.1, -0.05) is 37.3 Å². The molecule has 4 nitrogen and oxygen atoms in total. The summed E-state index contributed by atoms with van der Waals surface area (Å²) < 4.78 is 1.76. The van der Waals surface area contributed by atoms with Crippen LogP contribution in [-0.2, 0) is 24.7 Å². The number of nitrogens with zero attached hydrogens (tertiary/aromatic N) is 2. The van der Waals surface area contributed by atoms with Gasteiger partial charge in [-0.2, -0.15) is 5.10 Å². The van der Waals surface area contributed by atoms with Gasteiger partial charge in [0, 0.05) is 12.7 Å². The smallest absolute Gasteiger partial charge is 0.159 e. The van der Waals surface area contributed by atoms with E-state index in [-0.39, 0.29) is 5.78 Å². The van der Waals surface area contributed by atoms with Gasteiger partial charge in [0.25, 0.3) is 0 Å². The van der Waals surface area contributed by atoms with Crippen LogP contribution >= 0.6 is 0 Å².